The predicted octanol–water partition coefficient (Wildman–Crippen LogP) is 4.47. The van der Waals surface area contributed by atoms with Crippen molar-refractivity contribution in [3.05, 3.63) is 89.2 Å². The predicted molar refractivity (Wildman–Crippen MR) is 116 cm³/mol. The number of carbonyl (C=O) groups is 1. The van der Waals surface area contributed by atoms with Gasteiger partial charge < -0.3 is 14.4 Å². The van der Waals surface area contributed by atoms with Crippen LogP contribution in [0.15, 0.2) is 66.9 Å². The fourth-order valence-corrected chi connectivity index (χ4v) is 3.60. The zero-order chi connectivity index (χ0) is 20.9. The summed E-state index contributed by atoms with van der Waals surface area (Å²) in [5.74, 6) is 1.71. The van der Waals surface area contributed by atoms with Crippen molar-refractivity contribution in [2.75, 3.05) is 20.2 Å². The van der Waals surface area contributed by atoms with Gasteiger partial charge in [-0.2, -0.15) is 0 Å². The Labute approximate surface area is 177 Å². The maximum absolute atomic E-state index is 12.5. The standard InChI is InChI=1S/C25H26N2O3/c1-3-18-7-9-19(10-8-18)17-30-23-12-11-20(14-24(23)29-2)21-15-27(16-21)25(28)22-6-4-5-13-26-22/h4-14,21H,3,15-17H2,1-2H3. The lowest BCUT2D eigenvalue weighted by Gasteiger charge is -2.39. The normalized spacial score (nSPS) is 13.6. The van der Waals surface area contributed by atoms with Crippen molar-refractivity contribution >= 4 is 5.91 Å². The van der Waals surface area contributed by atoms with Crippen LogP contribution in [-0.2, 0) is 13.0 Å². The highest BCUT2D eigenvalue weighted by molar-refractivity contribution is 5.92. The first kappa shape index (κ1) is 20.0. The number of nitrogens with zero attached hydrogens (tertiary/aromatic N) is 2. The van der Waals surface area contributed by atoms with Crippen LogP contribution in [-0.4, -0.2) is 36.0 Å². The summed E-state index contributed by atoms with van der Waals surface area (Å²) in [6.45, 7) is 4.01. The topological polar surface area (TPSA) is 51.7 Å². The maximum atomic E-state index is 12.5. The van der Waals surface area contributed by atoms with E-state index in [1.54, 1.807) is 19.4 Å². The number of pyridine rings is 1. The van der Waals surface area contributed by atoms with E-state index >= 15 is 0 Å². The van der Waals surface area contributed by atoms with Crippen molar-refractivity contribution in [1.29, 1.82) is 0 Å². The fourth-order valence-electron chi connectivity index (χ4n) is 3.60. The number of hydrogen-bond donors (Lipinski definition) is 0. The number of aromatic nitrogens is 1. The Bertz CT molecular complexity index is 997. The van der Waals surface area contributed by atoms with Crippen LogP contribution < -0.4 is 9.47 Å². The summed E-state index contributed by atoms with van der Waals surface area (Å²) < 4.78 is 11.6. The molecule has 2 aromatic carbocycles. The molecule has 0 radical (unpaired) electrons. The molecule has 1 aliphatic heterocycles. The van der Waals surface area contributed by atoms with Crippen LogP contribution in [0, 0.1) is 0 Å². The number of carbonyl (C=O) groups excluding carboxylic acids is 1. The van der Waals surface area contributed by atoms with Crippen molar-refractivity contribution in [3.8, 4) is 11.5 Å². The average Bonchev–Trinajstić information content (AvgIpc) is 2.77. The lowest BCUT2D eigenvalue weighted by molar-refractivity contribution is 0.0596. The van der Waals surface area contributed by atoms with Gasteiger partial charge in [-0.25, -0.2) is 0 Å². The largest absolute Gasteiger partial charge is 0.493 e. The van der Waals surface area contributed by atoms with E-state index in [2.05, 4.69) is 42.2 Å². The molecule has 0 atom stereocenters. The van der Waals surface area contributed by atoms with Gasteiger partial charge in [-0.05, 0) is 47.4 Å². The molecule has 0 spiro atoms. The van der Waals surface area contributed by atoms with Gasteiger partial charge in [0.15, 0.2) is 11.5 Å². The average molecular weight is 402 g/mol. The number of benzene rings is 2. The molecule has 1 amide bonds. The zero-order valence-electron chi connectivity index (χ0n) is 17.4. The van der Waals surface area contributed by atoms with E-state index in [9.17, 15) is 4.79 Å². The second-order valence-corrected chi connectivity index (χ2v) is 7.49. The Kier molecular flexibility index (Phi) is 5.98. The Balaban J connectivity index is 1.37. The third kappa shape index (κ3) is 4.30. The quantitative estimate of drug-likeness (QED) is 0.585. The smallest absolute Gasteiger partial charge is 0.272 e. The molecule has 0 unspecified atom stereocenters. The van der Waals surface area contributed by atoms with Crippen LogP contribution >= 0.6 is 0 Å². The third-order valence-electron chi connectivity index (χ3n) is 5.54. The minimum atomic E-state index is -0.0205. The second kappa shape index (κ2) is 8.99. The van der Waals surface area contributed by atoms with Crippen molar-refractivity contribution < 1.29 is 14.3 Å². The van der Waals surface area contributed by atoms with E-state index in [4.69, 9.17) is 9.47 Å². The summed E-state index contributed by atoms with van der Waals surface area (Å²) in [6.07, 6.45) is 2.68. The molecule has 0 aliphatic carbocycles. The van der Waals surface area contributed by atoms with E-state index in [1.807, 2.05) is 29.2 Å². The molecule has 5 heteroatoms. The van der Waals surface area contributed by atoms with Crippen LogP contribution in [0.2, 0.25) is 0 Å². The molecular weight excluding hydrogens is 376 g/mol. The molecule has 4 rings (SSSR count). The van der Waals surface area contributed by atoms with Gasteiger partial charge in [0.2, 0.25) is 0 Å². The lowest BCUT2D eigenvalue weighted by atomic mass is 9.91. The van der Waals surface area contributed by atoms with Gasteiger partial charge in [0.1, 0.15) is 12.3 Å². The zero-order valence-corrected chi connectivity index (χ0v) is 17.4. The Hall–Kier alpha value is -3.34. The molecule has 0 saturated carbocycles. The van der Waals surface area contributed by atoms with Crippen LogP contribution in [0.25, 0.3) is 0 Å². The number of likely N-dealkylation sites (tertiary alicyclic amines) is 1. The SMILES string of the molecule is CCc1ccc(COc2ccc(C3CN(C(=O)c4ccccn4)C3)cc2OC)cc1. The Morgan fingerprint density at radius 1 is 1.03 bits per heavy atom. The van der Waals surface area contributed by atoms with Gasteiger partial charge in [-0.15, -0.1) is 0 Å². The van der Waals surface area contributed by atoms with Gasteiger partial charge >= 0.3 is 0 Å². The summed E-state index contributed by atoms with van der Waals surface area (Å²) in [5.41, 5.74) is 4.08. The molecule has 1 aliphatic rings. The van der Waals surface area contributed by atoms with Crippen molar-refractivity contribution in [2.24, 2.45) is 0 Å². The van der Waals surface area contributed by atoms with Crippen LogP contribution in [0.3, 0.4) is 0 Å². The third-order valence-corrected chi connectivity index (χ3v) is 5.54. The van der Waals surface area contributed by atoms with Crippen molar-refractivity contribution in [3.63, 3.8) is 0 Å². The van der Waals surface area contributed by atoms with Gasteiger partial charge in [0.05, 0.1) is 7.11 Å². The van der Waals surface area contributed by atoms with E-state index in [-0.39, 0.29) is 5.91 Å². The highest BCUT2D eigenvalue weighted by Gasteiger charge is 2.33. The van der Waals surface area contributed by atoms with E-state index in [1.165, 1.54) is 5.56 Å². The number of ether oxygens (including phenoxy) is 2. The molecule has 1 fully saturated rings. The number of hydrogen-bond acceptors (Lipinski definition) is 4. The summed E-state index contributed by atoms with van der Waals surface area (Å²) in [6, 6.07) is 19.9. The molecule has 0 N–H and O–H groups in total. The van der Waals surface area contributed by atoms with Gasteiger partial charge in [0, 0.05) is 25.2 Å². The molecule has 1 aromatic heterocycles. The molecule has 1 saturated heterocycles. The summed E-state index contributed by atoms with van der Waals surface area (Å²) >= 11 is 0. The first-order chi connectivity index (χ1) is 14.7. The highest BCUT2D eigenvalue weighted by atomic mass is 16.5. The summed E-state index contributed by atoms with van der Waals surface area (Å²) in [5, 5.41) is 0. The maximum Gasteiger partial charge on any atom is 0.272 e. The molecule has 30 heavy (non-hydrogen) atoms. The lowest BCUT2D eigenvalue weighted by Crippen LogP contribution is -2.48. The van der Waals surface area contributed by atoms with Crippen LogP contribution in [0.1, 0.15) is 40.0 Å². The first-order valence-corrected chi connectivity index (χ1v) is 10.3. The van der Waals surface area contributed by atoms with Gasteiger partial charge in [-0.3, -0.25) is 9.78 Å². The Morgan fingerprint density at radius 2 is 1.80 bits per heavy atom. The van der Waals surface area contributed by atoms with Gasteiger partial charge in [0.25, 0.3) is 5.91 Å². The summed E-state index contributed by atoms with van der Waals surface area (Å²) in [4.78, 5) is 18.4. The number of amides is 1. The van der Waals surface area contributed by atoms with E-state index < -0.39 is 0 Å². The molecule has 5 nitrogen and oxygen atoms in total. The summed E-state index contributed by atoms with van der Waals surface area (Å²) in [7, 11) is 1.65. The first-order valence-electron chi connectivity index (χ1n) is 10.3. The van der Waals surface area contributed by atoms with Crippen LogP contribution in [0.4, 0.5) is 0 Å². The van der Waals surface area contributed by atoms with E-state index in [0.29, 0.717) is 37.1 Å². The van der Waals surface area contributed by atoms with Crippen LogP contribution in [0.5, 0.6) is 11.5 Å². The molecule has 3 aromatic rings. The number of aryl methyl sites for hydroxylation is 1. The molecule has 2 heterocycles. The molecule has 0 bridgehead atoms. The number of methoxy groups -OCH3 is 1. The highest BCUT2D eigenvalue weighted by Crippen LogP contribution is 2.35. The number of rotatable bonds is 7. The monoisotopic (exact) mass is 402 g/mol. The Morgan fingerprint density at radius 3 is 2.47 bits per heavy atom. The minimum Gasteiger partial charge on any atom is -0.493 e. The molecular formula is C25H26N2O3. The van der Waals surface area contributed by atoms with Crippen molar-refractivity contribution in [2.45, 2.75) is 25.9 Å². The van der Waals surface area contributed by atoms with E-state index in [0.717, 1.165) is 23.3 Å². The van der Waals surface area contributed by atoms with Crippen molar-refractivity contribution in [1.82, 2.24) is 9.88 Å². The van der Waals surface area contributed by atoms with Gasteiger partial charge in [-0.1, -0.05) is 43.3 Å². The minimum absolute atomic E-state index is 0.0205. The second-order valence-electron chi connectivity index (χ2n) is 7.49. The fraction of sp³-hybridized carbons (Fsp3) is 0.280. The molecule has 154 valence electrons.